The highest BCUT2D eigenvalue weighted by atomic mass is 16.5. The predicted octanol–water partition coefficient (Wildman–Crippen LogP) is 6.58. The molecule has 0 spiro atoms. The first-order chi connectivity index (χ1) is 37.6. The van der Waals surface area contributed by atoms with Gasteiger partial charge in [-0.3, -0.25) is 43.2 Å². The van der Waals surface area contributed by atoms with Gasteiger partial charge in [-0.15, -0.1) is 0 Å². The van der Waals surface area contributed by atoms with Crippen molar-refractivity contribution in [3.8, 4) is 34.5 Å². The number of benzene rings is 4. The van der Waals surface area contributed by atoms with E-state index in [1.165, 1.54) is 44.0 Å². The molecule has 10 rings (SSSR count). The minimum atomic E-state index is -0.739. The molecule has 1 aromatic heterocycles. The second-order valence-electron chi connectivity index (χ2n) is 20.8. The fourth-order valence-corrected chi connectivity index (χ4v) is 11.1. The van der Waals surface area contributed by atoms with Gasteiger partial charge in [0.25, 0.3) is 5.56 Å². The summed E-state index contributed by atoms with van der Waals surface area (Å²) in [5.74, 6) is 1.65. The van der Waals surface area contributed by atoms with Gasteiger partial charge in [-0.2, -0.15) is 0 Å². The first kappa shape index (κ1) is 55.1. The Hall–Kier alpha value is -7.64. The number of carbonyl (C=O) groups is 4. The third-order valence-electron chi connectivity index (χ3n) is 16.0. The fourth-order valence-electron chi connectivity index (χ4n) is 11.1. The fraction of sp³-hybridized carbons (Fsp3) is 0.458. The molecule has 2 amide bonds. The number of carboxylic acids is 2. The lowest BCUT2D eigenvalue weighted by molar-refractivity contribution is -0.148. The van der Waals surface area contributed by atoms with Crippen LogP contribution in [-0.2, 0) is 58.7 Å². The van der Waals surface area contributed by atoms with Gasteiger partial charge in [0.1, 0.15) is 24.7 Å². The molecule has 3 fully saturated rings. The van der Waals surface area contributed by atoms with Crippen molar-refractivity contribution in [2.75, 3.05) is 47.2 Å². The zero-order chi connectivity index (χ0) is 55.2. The normalized spacial score (nSPS) is 19.8. The molecule has 19 heteroatoms. The highest BCUT2D eigenvalue weighted by molar-refractivity contribution is 6.01. The van der Waals surface area contributed by atoms with Gasteiger partial charge in [0, 0.05) is 82.3 Å². The van der Waals surface area contributed by atoms with Crippen molar-refractivity contribution in [3.05, 3.63) is 139 Å². The minimum absolute atomic E-state index is 0.0689. The van der Waals surface area contributed by atoms with Gasteiger partial charge < -0.3 is 43.2 Å². The lowest BCUT2D eigenvalue weighted by Gasteiger charge is -2.44. The van der Waals surface area contributed by atoms with Crippen LogP contribution in [0.2, 0.25) is 0 Å². The van der Waals surface area contributed by atoms with Gasteiger partial charge >= 0.3 is 17.6 Å². The van der Waals surface area contributed by atoms with Crippen LogP contribution in [0.3, 0.4) is 0 Å². The number of hydrogen-bond acceptors (Lipinski definition) is 14. The number of imide groups is 1. The van der Waals surface area contributed by atoms with Crippen molar-refractivity contribution in [1.29, 1.82) is 0 Å². The first-order valence-electron chi connectivity index (χ1n) is 26.8. The molecular formula is C59H69N5O14. The molecule has 2 atom stereocenters. The van der Waals surface area contributed by atoms with Crippen molar-refractivity contribution in [2.45, 2.75) is 109 Å². The van der Waals surface area contributed by atoms with Gasteiger partial charge in [-0.05, 0) is 109 Å². The summed E-state index contributed by atoms with van der Waals surface area (Å²) in [4.78, 5) is 77.0. The maximum Gasteiger partial charge on any atom is 0.330 e. The Bertz CT molecular complexity index is 3130. The molecule has 0 radical (unpaired) electrons. The summed E-state index contributed by atoms with van der Waals surface area (Å²) in [5, 5.41) is 18.9. The predicted molar refractivity (Wildman–Crippen MR) is 286 cm³/mol. The largest absolute Gasteiger partial charge is 0.493 e. The number of rotatable bonds is 22. The van der Waals surface area contributed by atoms with E-state index < -0.39 is 17.6 Å². The molecule has 4 aromatic carbocycles. The Labute approximate surface area is 452 Å². The van der Waals surface area contributed by atoms with Gasteiger partial charge in [0.05, 0.1) is 52.4 Å². The molecule has 1 saturated heterocycles. The average Bonchev–Trinajstić information content (AvgIpc) is 4.20. The van der Waals surface area contributed by atoms with Crippen LogP contribution in [0.4, 0.5) is 0 Å². The SMILES string of the molecule is COc1cc(CN(C2CC(C(=O)O)C2)C(C)c2ccc3c(c2)CCO3)ccc1OCCN1C(=O)CCC1=O.COc1cc(CN([C@H]2C[C@@H](C(=O)O)C2)[C@H](C)c2ccc3c(c2)CCO3)ccc1OCCn1c(=O)ccn(C)c1=O. The second-order valence-corrected chi connectivity index (χ2v) is 20.8. The monoisotopic (exact) mass is 1070 g/mol. The standard InChI is InChI=1S/C30H35N3O7.C29H34N2O7/c1-19(21-5-7-25-22(15-21)9-12-39-25)33(24-16-23(17-24)29(35)36)18-20-4-6-26(27(14-20)38-3)40-13-11-32-28(34)8-10-31(2)30(32)37;1-18(20-4-6-24-21(14-20)9-11-37-24)31(23-15-22(16-23)29(34)35)17-19-3-5-25(26(13-19)36-2)38-12-10-30-27(32)7-8-28(30)33/h4-8,10,14-15,19,23-24H,9,11-13,16-18H2,1-3H3,(H,35,36);3-6,13-14,18,22-23H,7-12,15-17H2,1-2H3,(H,34,35)/t19-,23-,24+;/m1./s1. The number of fused-ring (bicyclic) bond motifs is 2. The van der Waals surface area contributed by atoms with Crippen molar-refractivity contribution in [2.24, 2.45) is 18.9 Å². The Morgan fingerprint density at radius 2 is 1.08 bits per heavy atom. The number of ether oxygens (including phenoxy) is 6. The smallest absolute Gasteiger partial charge is 0.330 e. The van der Waals surface area contributed by atoms with Crippen molar-refractivity contribution in [3.63, 3.8) is 0 Å². The summed E-state index contributed by atoms with van der Waals surface area (Å²) < 4.78 is 36.8. The van der Waals surface area contributed by atoms with E-state index in [4.69, 9.17) is 28.4 Å². The number of carboxylic acid groups (broad SMARTS) is 2. The van der Waals surface area contributed by atoms with Crippen LogP contribution in [0, 0.1) is 11.8 Å². The number of hydrogen-bond donors (Lipinski definition) is 2. The molecule has 4 heterocycles. The van der Waals surface area contributed by atoms with E-state index in [0.717, 1.165) is 40.0 Å². The molecule has 5 aromatic rings. The Morgan fingerprint density at radius 1 is 0.615 bits per heavy atom. The van der Waals surface area contributed by atoms with Gasteiger partial charge in [-0.25, -0.2) is 4.79 Å². The van der Waals surface area contributed by atoms with Crippen LogP contribution in [-0.4, -0.2) is 117 Å². The van der Waals surface area contributed by atoms with Crippen LogP contribution in [0.5, 0.6) is 34.5 Å². The zero-order valence-electron chi connectivity index (χ0n) is 44.9. The number of amides is 2. The summed E-state index contributed by atoms with van der Waals surface area (Å²) >= 11 is 0. The summed E-state index contributed by atoms with van der Waals surface area (Å²) in [7, 11) is 4.74. The number of aliphatic carboxylic acids is 2. The molecule has 19 nitrogen and oxygen atoms in total. The third-order valence-corrected chi connectivity index (χ3v) is 16.0. The summed E-state index contributed by atoms with van der Waals surface area (Å²) in [6, 6.07) is 26.0. The van der Waals surface area contributed by atoms with Crippen LogP contribution >= 0.6 is 0 Å². The zero-order valence-corrected chi connectivity index (χ0v) is 44.9. The van der Waals surface area contributed by atoms with Crippen LogP contribution < -0.4 is 39.7 Å². The van der Waals surface area contributed by atoms with Crippen molar-refractivity contribution < 1.29 is 57.8 Å². The topological polar surface area (TPSA) is 218 Å². The number of carbonyl (C=O) groups excluding carboxylic acids is 2. The van der Waals surface area contributed by atoms with Crippen molar-refractivity contribution >= 4 is 23.8 Å². The van der Waals surface area contributed by atoms with E-state index >= 15 is 0 Å². The number of likely N-dealkylation sites (tertiary alicyclic amines) is 1. The number of aromatic nitrogens is 2. The Balaban J connectivity index is 0.000000190. The summed E-state index contributed by atoms with van der Waals surface area (Å²) in [6.07, 6.45) is 6.25. The number of aryl methyl sites for hydroxylation is 1. The number of nitrogens with zero attached hydrogens (tertiary/aromatic N) is 5. The molecule has 2 saturated carbocycles. The van der Waals surface area contributed by atoms with Crippen LogP contribution in [0.1, 0.15) is 97.8 Å². The third kappa shape index (κ3) is 12.4. The van der Waals surface area contributed by atoms with Gasteiger partial charge in [-0.1, -0.05) is 36.4 Å². The van der Waals surface area contributed by atoms with Gasteiger partial charge in [0.2, 0.25) is 11.8 Å². The molecule has 2 N–H and O–H groups in total. The quantitative estimate of drug-likeness (QED) is 0.0700. The molecule has 78 heavy (non-hydrogen) atoms. The van der Waals surface area contributed by atoms with Gasteiger partial charge in [0.15, 0.2) is 23.0 Å². The summed E-state index contributed by atoms with van der Waals surface area (Å²) in [5.41, 5.74) is 6.04. The van der Waals surface area contributed by atoms with Crippen LogP contribution in [0.25, 0.3) is 0 Å². The van der Waals surface area contributed by atoms with E-state index in [1.54, 1.807) is 21.3 Å². The minimum Gasteiger partial charge on any atom is -0.493 e. The highest BCUT2D eigenvalue weighted by Crippen LogP contribution is 2.42. The molecule has 5 aliphatic rings. The molecular weight excluding hydrogens is 1000 g/mol. The van der Waals surface area contributed by atoms with E-state index in [-0.39, 0.29) is 92.5 Å². The maximum absolute atomic E-state index is 12.3. The second kappa shape index (κ2) is 24.4. The van der Waals surface area contributed by atoms with E-state index in [1.807, 2.05) is 48.5 Å². The first-order valence-corrected chi connectivity index (χ1v) is 26.8. The Morgan fingerprint density at radius 3 is 1.53 bits per heavy atom. The maximum atomic E-state index is 12.3. The lowest BCUT2D eigenvalue weighted by atomic mass is 9.78. The Kier molecular flexibility index (Phi) is 17.2. The van der Waals surface area contributed by atoms with E-state index in [9.17, 15) is 39.0 Å². The molecule has 0 bridgehead atoms. The van der Waals surface area contributed by atoms with Crippen molar-refractivity contribution in [1.82, 2.24) is 23.8 Å². The molecule has 3 aliphatic heterocycles. The van der Waals surface area contributed by atoms with Crippen LogP contribution in [0.15, 0.2) is 94.6 Å². The molecule has 1 unspecified atom stereocenters. The summed E-state index contributed by atoms with van der Waals surface area (Å²) in [6.45, 7) is 7.61. The lowest BCUT2D eigenvalue weighted by Crippen LogP contribution is -2.47. The molecule has 414 valence electrons. The molecule has 2 aliphatic carbocycles. The number of methoxy groups -OCH3 is 2. The average molecular weight is 1070 g/mol. The highest BCUT2D eigenvalue weighted by Gasteiger charge is 2.41. The van der Waals surface area contributed by atoms with E-state index in [2.05, 4.69) is 47.9 Å². The van der Waals surface area contributed by atoms with E-state index in [0.29, 0.717) is 75.0 Å².